The van der Waals surface area contributed by atoms with Gasteiger partial charge in [-0.2, -0.15) is 0 Å². The highest BCUT2D eigenvalue weighted by Crippen LogP contribution is 2.29. The van der Waals surface area contributed by atoms with E-state index < -0.39 is 0 Å². The fourth-order valence-corrected chi connectivity index (χ4v) is 3.87. The summed E-state index contributed by atoms with van der Waals surface area (Å²) in [7, 11) is 0. The van der Waals surface area contributed by atoms with Gasteiger partial charge in [-0.05, 0) is 54.7 Å². The van der Waals surface area contributed by atoms with Crippen LogP contribution in [0.4, 0.5) is 0 Å². The zero-order chi connectivity index (χ0) is 14.4. The first-order chi connectivity index (χ1) is 9.72. The second kappa shape index (κ2) is 7.86. The van der Waals surface area contributed by atoms with Crippen molar-refractivity contribution in [2.75, 3.05) is 6.54 Å². The van der Waals surface area contributed by atoms with E-state index in [9.17, 15) is 0 Å². The first kappa shape index (κ1) is 15.6. The summed E-state index contributed by atoms with van der Waals surface area (Å²) in [6.07, 6.45) is 3.39. The molecule has 0 aromatic carbocycles. The molecule has 0 aliphatic carbocycles. The van der Waals surface area contributed by atoms with Crippen molar-refractivity contribution < 1.29 is 0 Å². The van der Waals surface area contributed by atoms with Crippen LogP contribution in [0.15, 0.2) is 17.5 Å². The number of rotatable bonds is 8. The van der Waals surface area contributed by atoms with Crippen LogP contribution in [0.25, 0.3) is 0 Å². The van der Waals surface area contributed by atoms with Crippen LogP contribution in [0.1, 0.15) is 61.0 Å². The maximum Gasteiger partial charge on any atom is 0.0829 e. The first-order valence-electron chi connectivity index (χ1n) is 7.30. The van der Waals surface area contributed by atoms with Gasteiger partial charge < -0.3 is 5.32 Å². The monoisotopic (exact) mass is 309 g/mol. The minimum absolute atomic E-state index is 0.384. The van der Waals surface area contributed by atoms with E-state index in [4.69, 9.17) is 0 Å². The molecule has 2 rings (SSSR count). The van der Waals surface area contributed by atoms with Crippen molar-refractivity contribution in [1.82, 2.24) is 14.9 Å². The summed E-state index contributed by atoms with van der Waals surface area (Å²) in [6, 6.07) is 4.73. The standard InChI is InChI=1S/C15H23N3S2/c1-4-9-16-13(8-7-12-6-5-10-19-12)15-14(11(2)3)17-18-20-15/h5-6,10-11,13,16H,4,7-9H2,1-3H3. The number of aryl methyl sites for hydroxylation is 1. The fraction of sp³-hybridized carbons (Fsp3) is 0.600. The van der Waals surface area contributed by atoms with Gasteiger partial charge in [-0.1, -0.05) is 31.3 Å². The summed E-state index contributed by atoms with van der Waals surface area (Å²) in [5.41, 5.74) is 1.16. The number of thiophene rings is 1. The van der Waals surface area contributed by atoms with Crippen LogP contribution in [0.2, 0.25) is 0 Å². The number of nitrogens with one attached hydrogen (secondary N) is 1. The third kappa shape index (κ3) is 4.11. The normalized spacial score (nSPS) is 13.0. The molecule has 1 N–H and O–H groups in total. The predicted molar refractivity (Wildman–Crippen MR) is 87.7 cm³/mol. The van der Waals surface area contributed by atoms with Gasteiger partial charge >= 0.3 is 0 Å². The Morgan fingerprint density at radius 2 is 2.20 bits per heavy atom. The summed E-state index contributed by atoms with van der Waals surface area (Å²) in [5.74, 6) is 0.441. The molecule has 0 saturated carbocycles. The average Bonchev–Trinajstić information content (AvgIpc) is 3.09. The number of aromatic nitrogens is 2. The Kier molecular flexibility index (Phi) is 6.13. The minimum Gasteiger partial charge on any atom is -0.309 e. The highest BCUT2D eigenvalue weighted by atomic mass is 32.1. The molecule has 110 valence electrons. The van der Waals surface area contributed by atoms with Gasteiger partial charge in [-0.15, -0.1) is 16.4 Å². The molecule has 0 amide bonds. The van der Waals surface area contributed by atoms with E-state index in [1.54, 1.807) is 11.5 Å². The second-order valence-corrected chi connectivity index (χ2v) is 7.12. The molecule has 3 nitrogen and oxygen atoms in total. The number of nitrogens with zero attached hydrogens (tertiary/aromatic N) is 2. The van der Waals surface area contributed by atoms with E-state index in [1.807, 2.05) is 11.3 Å². The summed E-state index contributed by atoms with van der Waals surface area (Å²) < 4.78 is 4.17. The van der Waals surface area contributed by atoms with Crippen molar-refractivity contribution in [1.29, 1.82) is 0 Å². The molecule has 2 aromatic rings. The molecule has 0 spiro atoms. The Labute approximate surface area is 129 Å². The van der Waals surface area contributed by atoms with Crippen LogP contribution in [0.3, 0.4) is 0 Å². The molecule has 2 aromatic heterocycles. The zero-order valence-corrected chi connectivity index (χ0v) is 14.1. The summed E-state index contributed by atoms with van der Waals surface area (Å²) >= 11 is 3.39. The Balaban J connectivity index is 2.07. The van der Waals surface area contributed by atoms with Crippen molar-refractivity contribution in [2.45, 2.75) is 52.0 Å². The molecule has 0 aliphatic rings. The predicted octanol–water partition coefficient (Wildman–Crippen LogP) is 4.40. The van der Waals surface area contributed by atoms with Crippen LogP contribution >= 0.6 is 22.9 Å². The largest absolute Gasteiger partial charge is 0.309 e. The molecule has 1 unspecified atom stereocenters. The van der Waals surface area contributed by atoms with Crippen molar-refractivity contribution in [3.8, 4) is 0 Å². The SMILES string of the molecule is CCCNC(CCc1cccs1)c1snnc1C(C)C. The van der Waals surface area contributed by atoms with E-state index in [2.05, 4.69) is 53.2 Å². The Bertz CT molecular complexity index is 491. The maximum absolute atomic E-state index is 4.32. The average molecular weight is 310 g/mol. The molecule has 0 radical (unpaired) electrons. The van der Waals surface area contributed by atoms with Crippen LogP contribution in [-0.2, 0) is 6.42 Å². The van der Waals surface area contributed by atoms with Crippen LogP contribution in [-0.4, -0.2) is 16.1 Å². The van der Waals surface area contributed by atoms with E-state index in [1.165, 1.54) is 9.75 Å². The third-order valence-electron chi connectivity index (χ3n) is 3.30. The molecule has 20 heavy (non-hydrogen) atoms. The summed E-state index contributed by atoms with van der Waals surface area (Å²) in [5, 5.41) is 10.1. The molecular weight excluding hydrogens is 286 g/mol. The summed E-state index contributed by atoms with van der Waals surface area (Å²) in [4.78, 5) is 2.78. The van der Waals surface area contributed by atoms with Crippen molar-refractivity contribution >= 4 is 22.9 Å². The molecule has 0 fully saturated rings. The molecule has 2 heterocycles. The Morgan fingerprint density at radius 1 is 1.35 bits per heavy atom. The quantitative estimate of drug-likeness (QED) is 0.785. The molecule has 0 aliphatic heterocycles. The van der Waals surface area contributed by atoms with Crippen molar-refractivity contribution in [3.63, 3.8) is 0 Å². The number of hydrogen-bond donors (Lipinski definition) is 1. The van der Waals surface area contributed by atoms with Gasteiger partial charge in [0.2, 0.25) is 0 Å². The molecular formula is C15H23N3S2. The van der Waals surface area contributed by atoms with Gasteiger partial charge in [-0.25, -0.2) is 0 Å². The molecule has 5 heteroatoms. The van der Waals surface area contributed by atoms with Crippen molar-refractivity contribution in [3.05, 3.63) is 33.0 Å². The fourth-order valence-electron chi connectivity index (χ4n) is 2.23. The van der Waals surface area contributed by atoms with E-state index in [-0.39, 0.29) is 0 Å². The Morgan fingerprint density at radius 3 is 2.85 bits per heavy atom. The third-order valence-corrected chi connectivity index (χ3v) is 5.09. The topological polar surface area (TPSA) is 37.8 Å². The molecule has 0 bridgehead atoms. The van der Waals surface area contributed by atoms with Gasteiger partial charge in [0.25, 0.3) is 0 Å². The highest BCUT2D eigenvalue weighted by molar-refractivity contribution is 7.09. The van der Waals surface area contributed by atoms with E-state index in [0.717, 1.165) is 31.5 Å². The Hall–Kier alpha value is -0.780. The van der Waals surface area contributed by atoms with Gasteiger partial charge in [0, 0.05) is 10.9 Å². The van der Waals surface area contributed by atoms with Gasteiger partial charge in [0.15, 0.2) is 0 Å². The number of hydrogen-bond acceptors (Lipinski definition) is 5. The zero-order valence-electron chi connectivity index (χ0n) is 12.4. The lowest BCUT2D eigenvalue weighted by atomic mass is 10.0. The van der Waals surface area contributed by atoms with Crippen LogP contribution < -0.4 is 5.32 Å². The summed E-state index contributed by atoms with van der Waals surface area (Å²) in [6.45, 7) is 7.63. The second-order valence-electron chi connectivity index (χ2n) is 5.30. The molecule has 1 atom stereocenters. The van der Waals surface area contributed by atoms with Gasteiger partial charge in [0.1, 0.15) is 0 Å². The van der Waals surface area contributed by atoms with Crippen LogP contribution in [0.5, 0.6) is 0 Å². The van der Waals surface area contributed by atoms with Gasteiger partial charge in [0.05, 0.1) is 10.6 Å². The lowest BCUT2D eigenvalue weighted by Gasteiger charge is -2.18. The smallest absolute Gasteiger partial charge is 0.0829 e. The maximum atomic E-state index is 4.32. The lowest BCUT2D eigenvalue weighted by Crippen LogP contribution is -2.23. The molecule has 0 saturated heterocycles. The minimum atomic E-state index is 0.384. The van der Waals surface area contributed by atoms with Crippen LogP contribution in [0, 0.1) is 0 Å². The first-order valence-corrected chi connectivity index (χ1v) is 8.95. The highest BCUT2D eigenvalue weighted by Gasteiger charge is 2.20. The van der Waals surface area contributed by atoms with E-state index in [0.29, 0.717) is 12.0 Å². The van der Waals surface area contributed by atoms with Crippen molar-refractivity contribution in [2.24, 2.45) is 0 Å². The lowest BCUT2D eigenvalue weighted by molar-refractivity contribution is 0.501. The van der Waals surface area contributed by atoms with E-state index >= 15 is 0 Å². The van der Waals surface area contributed by atoms with Gasteiger partial charge in [-0.3, -0.25) is 0 Å².